The molecule has 1 rings (SSSR count). The highest BCUT2D eigenvalue weighted by molar-refractivity contribution is 5.23. The van der Waals surface area contributed by atoms with Gasteiger partial charge in [-0.25, -0.2) is 4.39 Å². The molecule has 0 amide bonds. The van der Waals surface area contributed by atoms with E-state index in [0.29, 0.717) is 13.0 Å². The second-order valence-electron chi connectivity index (χ2n) is 5.50. The maximum Gasteiger partial charge on any atom is 0.123 e. The van der Waals surface area contributed by atoms with Crippen molar-refractivity contribution in [3.05, 3.63) is 35.6 Å². The van der Waals surface area contributed by atoms with Gasteiger partial charge in [-0.15, -0.1) is 0 Å². The molecule has 2 N–H and O–H groups in total. The molecule has 1 aromatic carbocycles. The van der Waals surface area contributed by atoms with Gasteiger partial charge in [0.2, 0.25) is 0 Å². The first kappa shape index (κ1) is 14.1. The highest BCUT2D eigenvalue weighted by atomic mass is 19.1. The SMILES string of the molecule is CCC(O)(CNC(C)(C)C)c1ccc(F)cc1. The molecule has 17 heavy (non-hydrogen) atoms. The zero-order valence-electron chi connectivity index (χ0n) is 11.0. The first-order valence-electron chi connectivity index (χ1n) is 6.00. The summed E-state index contributed by atoms with van der Waals surface area (Å²) in [6.07, 6.45) is 0.585. The minimum absolute atomic E-state index is 0.0524. The zero-order valence-corrected chi connectivity index (χ0v) is 11.0. The molecule has 1 unspecified atom stereocenters. The van der Waals surface area contributed by atoms with Gasteiger partial charge < -0.3 is 10.4 Å². The van der Waals surface area contributed by atoms with Crippen molar-refractivity contribution in [2.45, 2.75) is 45.3 Å². The fourth-order valence-electron chi connectivity index (χ4n) is 1.60. The van der Waals surface area contributed by atoms with Crippen LogP contribution in [0.2, 0.25) is 0 Å². The van der Waals surface area contributed by atoms with E-state index < -0.39 is 5.60 Å². The molecule has 0 radical (unpaired) electrons. The van der Waals surface area contributed by atoms with E-state index in [2.05, 4.69) is 5.32 Å². The van der Waals surface area contributed by atoms with Gasteiger partial charge in [0.25, 0.3) is 0 Å². The Hall–Kier alpha value is -0.930. The summed E-state index contributed by atoms with van der Waals surface area (Å²) in [6.45, 7) is 8.53. The number of rotatable bonds is 4. The average Bonchev–Trinajstić information content (AvgIpc) is 2.26. The molecule has 0 spiro atoms. The fraction of sp³-hybridized carbons (Fsp3) is 0.571. The smallest absolute Gasteiger partial charge is 0.123 e. The van der Waals surface area contributed by atoms with Crippen molar-refractivity contribution in [3.8, 4) is 0 Å². The van der Waals surface area contributed by atoms with E-state index in [0.717, 1.165) is 5.56 Å². The highest BCUT2D eigenvalue weighted by Gasteiger charge is 2.28. The second kappa shape index (κ2) is 5.15. The lowest BCUT2D eigenvalue weighted by Crippen LogP contribution is -2.45. The highest BCUT2D eigenvalue weighted by Crippen LogP contribution is 2.25. The Morgan fingerprint density at radius 3 is 2.12 bits per heavy atom. The summed E-state index contributed by atoms with van der Waals surface area (Å²) in [5.74, 6) is -0.281. The summed E-state index contributed by atoms with van der Waals surface area (Å²) < 4.78 is 12.9. The first-order chi connectivity index (χ1) is 7.77. The number of aliphatic hydroxyl groups is 1. The third-order valence-electron chi connectivity index (χ3n) is 2.88. The van der Waals surface area contributed by atoms with Crippen LogP contribution in [0, 0.1) is 5.82 Å². The number of hydrogen-bond donors (Lipinski definition) is 2. The van der Waals surface area contributed by atoms with E-state index in [4.69, 9.17) is 0 Å². The van der Waals surface area contributed by atoms with Gasteiger partial charge in [0.05, 0.1) is 0 Å². The standard InChI is InChI=1S/C14H22FNO/c1-5-14(17,10-16-13(2,3)4)11-6-8-12(15)9-7-11/h6-9,16-17H,5,10H2,1-4H3. The Morgan fingerprint density at radius 2 is 1.71 bits per heavy atom. The van der Waals surface area contributed by atoms with Gasteiger partial charge in [0, 0.05) is 12.1 Å². The molecule has 0 saturated heterocycles. The van der Waals surface area contributed by atoms with Crippen molar-refractivity contribution in [2.24, 2.45) is 0 Å². The Balaban J connectivity index is 2.84. The number of hydrogen-bond acceptors (Lipinski definition) is 2. The minimum atomic E-state index is -0.943. The third kappa shape index (κ3) is 4.10. The van der Waals surface area contributed by atoms with Gasteiger partial charge in [-0.2, -0.15) is 0 Å². The van der Waals surface area contributed by atoms with Crippen LogP contribution in [0.15, 0.2) is 24.3 Å². The lowest BCUT2D eigenvalue weighted by Gasteiger charge is -2.32. The maximum absolute atomic E-state index is 12.9. The van der Waals surface area contributed by atoms with E-state index in [1.807, 2.05) is 27.7 Å². The molecule has 2 nitrogen and oxygen atoms in total. The summed E-state index contributed by atoms with van der Waals surface area (Å²) in [7, 11) is 0. The van der Waals surface area contributed by atoms with Gasteiger partial charge in [-0.3, -0.25) is 0 Å². The predicted molar refractivity (Wildman–Crippen MR) is 68.3 cm³/mol. The van der Waals surface area contributed by atoms with Crippen molar-refractivity contribution in [1.29, 1.82) is 0 Å². The van der Waals surface area contributed by atoms with E-state index >= 15 is 0 Å². The molecule has 0 bridgehead atoms. The minimum Gasteiger partial charge on any atom is -0.384 e. The molecule has 1 atom stereocenters. The molecule has 0 fully saturated rings. The van der Waals surface area contributed by atoms with E-state index in [1.165, 1.54) is 12.1 Å². The number of benzene rings is 1. The molecule has 3 heteroatoms. The second-order valence-corrected chi connectivity index (χ2v) is 5.50. The van der Waals surface area contributed by atoms with Crippen molar-refractivity contribution in [2.75, 3.05) is 6.54 Å². The molecular formula is C14H22FNO. The average molecular weight is 239 g/mol. The maximum atomic E-state index is 12.9. The zero-order chi connectivity index (χ0) is 13.1. The lowest BCUT2D eigenvalue weighted by molar-refractivity contribution is 0.0266. The van der Waals surface area contributed by atoms with Crippen LogP contribution in [0.3, 0.4) is 0 Å². The van der Waals surface area contributed by atoms with Gasteiger partial charge in [-0.05, 0) is 44.9 Å². The van der Waals surface area contributed by atoms with Gasteiger partial charge in [0.1, 0.15) is 11.4 Å². The normalized spacial score (nSPS) is 15.6. The molecule has 0 aromatic heterocycles. The fourth-order valence-corrected chi connectivity index (χ4v) is 1.60. The van der Waals surface area contributed by atoms with Crippen molar-refractivity contribution < 1.29 is 9.50 Å². The van der Waals surface area contributed by atoms with Crippen LogP contribution in [0.1, 0.15) is 39.7 Å². The summed E-state index contributed by atoms with van der Waals surface area (Å²) in [4.78, 5) is 0. The quantitative estimate of drug-likeness (QED) is 0.846. The van der Waals surface area contributed by atoms with E-state index in [9.17, 15) is 9.50 Å². The monoisotopic (exact) mass is 239 g/mol. The molecular weight excluding hydrogens is 217 g/mol. The molecule has 0 heterocycles. The van der Waals surface area contributed by atoms with Crippen LogP contribution in [0.25, 0.3) is 0 Å². The van der Waals surface area contributed by atoms with Crippen LogP contribution in [-0.4, -0.2) is 17.2 Å². The number of nitrogens with one attached hydrogen (secondary N) is 1. The summed E-state index contributed by atoms with van der Waals surface area (Å²) >= 11 is 0. The van der Waals surface area contributed by atoms with Crippen molar-refractivity contribution in [1.82, 2.24) is 5.32 Å². The lowest BCUT2D eigenvalue weighted by atomic mass is 9.90. The molecule has 0 aliphatic heterocycles. The largest absolute Gasteiger partial charge is 0.384 e. The van der Waals surface area contributed by atoms with Crippen LogP contribution >= 0.6 is 0 Å². The number of β-amino-alcohol motifs (C(OH)–C–C–N with tert-alkyl or cyclic N) is 1. The predicted octanol–water partition coefficient (Wildman–Crippen LogP) is 2.81. The molecule has 1 aromatic rings. The Kier molecular flexibility index (Phi) is 4.28. The Labute approximate surface area is 103 Å². The summed E-state index contributed by atoms with van der Waals surface area (Å²) in [5.41, 5.74) is -0.248. The molecule has 0 aliphatic carbocycles. The van der Waals surface area contributed by atoms with Crippen molar-refractivity contribution in [3.63, 3.8) is 0 Å². The summed E-state index contributed by atoms with van der Waals surface area (Å²) in [5, 5.41) is 13.8. The van der Waals surface area contributed by atoms with Crippen LogP contribution in [-0.2, 0) is 5.60 Å². The first-order valence-corrected chi connectivity index (χ1v) is 6.00. The van der Waals surface area contributed by atoms with Gasteiger partial charge >= 0.3 is 0 Å². The van der Waals surface area contributed by atoms with Crippen molar-refractivity contribution >= 4 is 0 Å². The van der Waals surface area contributed by atoms with Crippen LogP contribution < -0.4 is 5.32 Å². The van der Waals surface area contributed by atoms with E-state index in [-0.39, 0.29) is 11.4 Å². The topological polar surface area (TPSA) is 32.3 Å². The van der Waals surface area contributed by atoms with Gasteiger partial charge in [0.15, 0.2) is 0 Å². The van der Waals surface area contributed by atoms with Gasteiger partial charge in [-0.1, -0.05) is 19.1 Å². The molecule has 0 saturated carbocycles. The Morgan fingerprint density at radius 1 is 1.18 bits per heavy atom. The molecule has 0 aliphatic rings. The number of halogens is 1. The van der Waals surface area contributed by atoms with E-state index in [1.54, 1.807) is 12.1 Å². The van der Waals surface area contributed by atoms with Crippen LogP contribution in [0.5, 0.6) is 0 Å². The van der Waals surface area contributed by atoms with Crippen LogP contribution in [0.4, 0.5) is 4.39 Å². The Bertz CT molecular complexity index is 355. The summed E-state index contributed by atoms with van der Waals surface area (Å²) in [6, 6.07) is 6.05. The third-order valence-corrected chi connectivity index (χ3v) is 2.88. The molecule has 96 valence electrons.